The number of rotatable bonds is 14. The van der Waals surface area contributed by atoms with Gasteiger partial charge in [-0.3, -0.25) is 14.9 Å². The number of ether oxygens (including phenoxy) is 2. The van der Waals surface area contributed by atoms with E-state index in [1.54, 1.807) is 38.1 Å². The summed E-state index contributed by atoms with van der Waals surface area (Å²) in [6.07, 6.45) is 0.685. The number of amides is 1. The average molecular weight is 1610 g/mol. The van der Waals surface area contributed by atoms with Crippen molar-refractivity contribution >= 4 is 114 Å². The van der Waals surface area contributed by atoms with Crippen LogP contribution in [0.1, 0.15) is 137 Å². The maximum Gasteiger partial charge on any atom is 0.414 e. The molecule has 8 aromatic rings. The Bertz CT molecular complexity index is 4120. The molecule has 0 radical (unpaired) electrons. The molecule has 1 amide bonds. The number of nitriles is 1. The molecule has 25 nitrogen and oxygen atoms in total. The molecular weight excluding hydrogens is 1530 g/mol. The van der Waals surface area contributed by atoms with E-state index in [1.165, 1.54) is 6.07 Å². The fourth-order valence-corrected chi connectivity index (χ4v) is 11.7. The zero-order valence-electron chi connectivity index (χ0n) is 57.4. The van der Waals surface area contributed by atoms with Gasteiger partial charge in [-0.05, 0) is 135 Å². The summed E-state index contributed by atoms with van der Waals surface area (Å²) >= 11 is 7.68. The van der Waals surface area contributed by atoms with Gasteiger partial charge in [0.1, 0.15) is 0 Å². The smallest absolute Gasteiger partial charge is 0.414 e. The van der Waals surface area contributed by atoms with Gasteiger partial charge in [-0.1, -0.05) is 97.1 Å². The Morgan fingerprint density at radius 3 is 1.32 bits per heavy atom. The van der Waals surface area contributed by atoms with Crippen LogP contribution in [0.5, 0.6) is 0 Å². The van der Waals surface area contributed by atoms with Crippen LogP contribution in [0.25, 0.3) is 45.1 Å². The quantitative estimate of drug-likeness (QED) is 0.0147. The second kappa shape index (κ2) is 43.5. The number of guanidine groups is 2. The molecule has 9 N–H and O–H groups in total. The molecule has 4 heterocycles. The summed E-state index contributed by atoms with van der Waals surface area (Å²) in [6, 6.07) is 37.5. The number of nitrogens with zero attached hydrogens (tertiary/aromatic N) is 11. The summed E-state index contributed by atoms with van der Waals surface area (Å²) in [6.45, 7) is 4.03. The zero-order valence-corrected chi connectivity index (χ0v) is 62.2. The number of halogens is 10. The van der Waals surface area contributed by atoms with Crippen molar-refractivity contribution in [3.8, 4) is 51.1 Å². The van der Waals surface area contributed by atoms with E-state index in [0.717, 1.165) is 51.3 Å². The molecule has 574 valence electrons. The number of benzene rings is 4. The second-order valence-electron chi connectivity index (χ2n) is 23.6. The lowest BCUT2D eigenvalue weighted by molar-refractivity contribution is -0.136. The van der Waals surface area contributed by atoms with Crippen molar-refractivity contribution in [3.05, 3.63) is 142 Å². The van der Waals surface area contributed by atoms with E-state index < -0.39 is 40.2 Å². The predicted octanol–water partition coefficient (Wildman–Crippen LogP) is 15.6. The van der Waals surface area contributed by atoms with Crippen molar-refractivity contribution in [2.75, 3.05) is 23.8 Å². The third kappa shape index (κ3) is 32.3. The lowest BCUT2D eigenvalue weighted by atomic mass is 9.92. The molecule has 4 aromatic heterocycles. The number of carbonyl (C=O) groups excluding carboxylic acids is 4. The van der Waals surface area contributed by atoms with Gasteiger partial charge in [0.15, 0.2) is 40.5 Å². The van der Waals surface area contributed by atoms with Crippen LogP contribution in [0.2, 0.25) is 0 Å². The standard InChI is InChI=1S/C23H25F4N7S.C14H23F4N5.C11H10N2O2S.C8H5NO2S.C7H7NO.C4H5NO2.CCl2OS/c24-22(25)10-6-15(7-11-22)28-20-31-18(19-30-17(34-35-19)14-4-2-1-3-5-14)32-21(33-20)29-16-8-12-23(26,27)13-9-16;15-13(16)5-1-9(2-6-13)21-11(19)23-12(20)22-10-3-7-14(17,18)8-4-10;1-2-15-11(14)10-12-9(13-16-10)8-6-4-3-5-7-8;10-8-11-7(9-12-8)6-4-2-1-3-5-6;8-7(9)6-4-2-1-3-5-6;1-2-7-4(6)3-5;2-1(4)5-3/h1-5,15-16H,6-13H2,(H2,28,29,31,32,33);9-10H,1-8H2,(H5,19,20,21,22,23);3-7H,2H2,1H3;1-5H;1-5H,(H2,8,9);2H2,1H3;. The Morgan fingerprint density at radius 1 is 0.561 bits per heavy atom. The van der Waals surface area contributed by atoms with Gasteiger partial charge in [0, 0.05) is 96.7 Å². The van der Waals surface area contributed by atoms with E-state index in [9.17, 15) is 59.1 Å². The Balaban J connectivity index is 0.000000215. The Labute approximate surface area is 635 Å². The largest absolute Gasteiger partial charge is 0.461 e. The number of hydrogen-bond donors (Lipinski definition) is 6. The molecule has 0 saturated heterocycles. The first-order valence-electron chi connectivity index (χ1n) is 33.1. The predicted molar refractivity (Wildman–Crippen MR) is 396 cm³/mol. The lowest BCUT2D eigenvalue weighted by Crippen LogP contribution is -2.43. The molecule has 0 bridgehead atoms. The summed E-state index contributed by atoms with van der Waals surface area (Å²) in [7, 11) is 5.25. The molecule has 4 aromatic carbocycles. The number of hydrogen-bond acceptors (Lipinski definition) is 25. The molecule has 39 heteroatoms. The van der Waals surface area contributed by atoms with Gasteiger partial charge in [0.2, 0.25) is 52.4 Å². The first-order valence-corrected chi connectivity index (χ1v) is 37.4. The molecule has 4 saturated carbocycles. The molecule has 0 aliphatic heterocycles. The summed E-state index contributed by atoms with van der Waals surface area (Å²) in [5.41, 5.74) is 19.5. The summed E-state index contributed by atoms with van der Waals surface area (Å²) < 4.78 is 132. The van der Waals surface area contributed by atoms with Gasteiger partial charge in [0.05, 0.1) is 36.8 Å². The highest BCUT2D eigenvalue weighted by atomic mass is 35.7. The van der Waals surface area contributed by atoms with Crippen LogP contribution in [0.4, 0.5) is 51.8 Å². The first-order chi connectivity index (χ1) is 50.9. The molecule has 12 rings (SSSR count). The fraction of sp³-hybridized carbons (Fsp3) is 0.412. The van der Waals surface area contributed by atoms with Gasteiger partial charge < -0.3 is 41.7 Å². The third-order valence-corrected chi connectivity index (χ3v) is 18.4. The van der Waals surface area contributed by atoms with Crippen LogP contribution in [-0.4, -0.2) is 133 Å². The number of carbonyl (C=O) groups is 4. The van der Waals surface area contributed by atoms with E-state index in [-0.39, 0.29) is 148 Å². The topological polar surface area (TPSA) is 383 Å². The Hall–Kier alpha value is -9.35. The Kier molecular flexibility index (Phi) is 35.2. The van der Waals surface area contributed by atoms with E-state index in [4.69, 9.17) is 42.3 Å². The molecule has 0 atom stereocenters. The number of esters is 2. The molecule has 107 heavy (non-hydrogen) atoms. The molecule has 4 fully saturated rings. The molecule has 4 aliphatic rings. The van der Waals surface area contributed by atoms with Gasteiger partial charge >= 0.3 is 16.9 Å². The normalized spacial score (nSPS) is 16.7. The number of nitrogens with two attached hydrogens (primary N) is 3. The van der Waals surface area contributed by atoms with Crippen molar-refractivity contribution in [2.24, 2.45) is 27.2 Å². The van der Waals surface area contributed by atoms with Gasteiger partial charge in [-0.25, -0.2) is 69.5 Å². The highest BCUT2D eigenvalue weighted by Gasteiger charge is 2.38. The van der Waals surface area contributed by atoms with Crippen LogP contribution >= 0.6 is 67.9 Å². The van der Waals surface area contributed by atoms with E-state index in [0.29, 0.717) is 76.4 Å². The van der Waals surface area contributed by atoms with Crippen LogP contribution < -0.4 is 38.1 Å². The van der Waals surface area contributed by atoms with E-state index in [1.807, 2.05) is 97.1 Å². The van der Waals surface area contributed by atoms with Crippen molar-refractivity contribution < 1.29 is 68.2 Å². The third-order valence-electron chi connectivity index (χ3n) is 15.5. The fourth-order valence-electron chi connectivity index (χ4n) is 10.1. The number of aromatic nitrogens is 8. The van der Waals surface area contributed by atoms with Crippen LogP contribution in [-0.2, 0) is 14.3 Å². The van der Waals surface area contributed by atoms with Crippen molar-refractivity contribution in [2.45, 2.75) is 164 Å². The van der Waals surface area contributed by atoms with Crippen LogP contribution in [0.3, 0.4) is 0 Å². The molecular formula is C68H75Cl2F8N17O8S4. The maximum atomic E-state index is 13.6. The number of aliphatic imine (C=N–C) groups is 2. The first kappa shape index (κ1) is 86.6. The monoisotopic (exact) mass is 1610 g/mol. The molecule has 4 aliphatic carbocycles. The Morgan fingerprint density at radius 2 is 0.953 bits per heavy atom. The zero-order chi connectivity index (χ0) is 78.0. The highest BCUT2D eigenvalue weighted by Crippen LogP contribution is 2.38. The maximum absolute atomic E-state index is 13.6. The molecule has 0 spiro atoms. The summed E-state index contributed by atoms with van der Waals surface area (Å²) in [4.78, 5) is 81.7. The van der Waals surface area contributed by atoms with Crippen molar-refractivity contribution in [1.29, 1.82) is 5.26 Å². The second-order valence-corrected chi connectivity index (χ2v) is 27.3. The minimum Gasteiger partial charge on any atom is -0.461 e. The average Bonchev–Trinajstić information content (AvgIpc) is 1.79. The van der Waals surface area contributed by atoms with Crippen molar-refractivity contribution in [1.82, 2.24) is 43.4 Å². The summed E-state index contributed by atoms with van der Waals surface area (Å²) in [5.74, 6) is -9.82. The minimum atomic E-state index is -2.64. The van der Waals surface area contributed by atoms with Gasteiger partial charge in [-0.15, -0.1) is 4.37 Å². The summed E-state index contributed by atoms with van der Waals surface area (Å²) in [5, 5.41) is 17.4. The number of nitrogens with one attached hydrogen (secondary N) is 3. The SMILES string of the molecule is CCOC(=O)C#N.CCOC(=O)c1nc(-c2ccccc2)ns1.FC1(F)CCC(Nc2nc(NC3CCC(F)(F)CC3)nc(-c3nc(-c4ccccc4)ns3)n2)CC1.NC(=NC1CCC(F)(F)CC1)NC(N)=NC1CCC(F)(F)CC1.NC(=O)c1ccccc1.O=C(Cl)SCl.O=c1oc(-c2ccccc2)ns1. The lowest BCUT2D eigenvalue weighted by Gasteiger charge is -2.29. The number of anilines is 2. The minimum absolute atomic E-state index is 0.0163. The van der Waals surface area contributed by atoms with Crippen molar-refractivity contribution in [3.63, 3.8) is 0 Å². The van der Waals surface area contributed by atoms with E-state index >= 15 is 0 Å². The number of alkyl halides is 8. The van der Waals surface area contributed by atoms with E-state index in [2.05, 4.69) is 80.3 Å². The highest BCUT2D eigenvalue weighted by molar-refractivity contribution is 8.34. The van der Waals surface area contributed by atoms with Gasteiger partial charge in [0.25, 0.3) is 4.57 Å². The van der Waals surface area contributed by atoms with Crippen LogP contribution in [0, 0.1) is 11.3 Å². The number of primary amides is 1. The molecule has 0 unspecified atom stereocenters. The van der Waals surface area contributed by atoms with Crippen LogP contribution in [0.15, 0.2) is 141 Å². The van der Waals surface area contributed by atoms with Gasteiger partial charge in [-0.2, -0.15) is 29.0 Å².